The van der Waals surface area contributed by atoms with Crippen molar-refractivity contribution in [2.24, 2.45) is 0 Å². The van der Waals surface area contributed by atoms with Gasteiger partial charge in [-0.25, -0.2) is 0 Å². The van der Waals surface area contributed by atoms with Crippen LogP contribution in [-0.4, -0.2) is 14.2 Å². The van der Waals surface area contributed by atoms with Gasteiger partial charge in [-0.2, -0.15) is 5.26 Å². The summed E-state index contributed by atoms with van der Waals surface area (Å²) in [5, 5.41) is 11.4. The number of hydrogen-bond acceptors (Lipinski definition) is 3. The van der Waals surface area contributed by atoms with Crippen LogP contribution in [-0.2, 0) is 4.74 Å². The van der Waals surface area contributed by atoms with Crippen LogP contribution in [0.4, 0.5) is 0 Å². The molecule has 0 atom stereocenters. The van der Waals surface area contributed by atoms with Gasteiger partial charge in [-0.05, 0) is 40.6 Å². The number of benzene rings is 3. The molecule has 0 aromatic heterocycles. The molecule has 3 nitrogen and oxygen atoms in total. The standard InChI is InChI=1S/C21H17NO2/c1-14(23-2)17-9-8-16-5-4-6-18(19(16)12-17)20-11-15(13-22)7-10-21(20)24-3/h4-12H,1H2,2-3H3. The molecule has 0 unspecified atom stereocenters. The quantitative estimate of drug-likeness (QED) is 0.636. The van der Waals surface area contributed by atoms with Crippen LogP contribution in [0.15, 0.2) is 61.2 Å². The molecule has 0 radical (unpaired) electrons. The summed E-state index contributed by atoms with van der Waals surface area (Å²) in [6.45, 7) is 3.92. The number of ether oxygens (including phenoxy) is 2. The number of methoxy groups -OCH3 is 2. The predicted molar refractivity (Wildman–Crippen MR) is 96.7 cm³/mol. The smallest absolute Gasteiger partial charge is 0.126 e. The summed E-state index contributed by atoms with van der Waals surface area (Å²) in [7, 11) is 3.24. The molecule has 3 heteroatoms. The van der Waals surface area contributed by atoms with E-state index >= 15 is 0 Å². The molecule has 0 bridgehead atoms. The van der Waals surface area contributed by atoms with E-state index in [1.165, 1.54) is 0 Å². The zero-order valence-corrected chi connectivity index (χ0v) is 13.7. The van der Waals surface area contributed by atoms with Crippen LogP contribution in [0.2, 0.25) is 0 Å². The van der Waals surface area contributed by atoms with Gasteiger partial charge in [-0.15, -0.1) is 0 Å². The van der Waals surface area contributed by atoms with E-state index < -0.39 is 0 Å². The number of rotatable bonds is 4. The first-order valence-corrected chi connectivity index (χ1v) is 7.52. The largest absolute Gasteiger partial charge is 0.497 e. The minimum absolute atomic E-state index is 0.597. The molecular weight excluding hydrogens is 298 g/mol. The fourth-order valence-electron chi connectivity index (χ4n) is 2.79. The molecule has 0 spiro atoms. The molecule has 3 aromatic carbocycles. The Morgan fingerprint density at radius 3 is 2.54 bits per heavy atom. The normalized spacial score (nSPS) is 10.2. The Labute approximate surface area is 141 Å². The summed E-state index contributed by atoms with van der Waals surface area (Å²) in [6, 6.07) is 19.8. The summed E-state index contributed by atoms with van der Waals surface area (Å²) in [5.74, 6) is 1.35. The maximum atomic E-state index is 9.22. The lowest BCUT2D eigenvalue weighted by molar-refractivity contribution is 0.371. The first-order chi connectivity index (χ1) is 11.7. The van der Waals surface area contributed by atoms with E-state index in [-0.39, 0.29) is 0 Å². The fourth-order valence-corrected chi connectivity index (χ4v) is 2.79. The summed E-state index contributed by atoms with van der Waals surface area (Å²) in [4.78, 5) is 0. The Kier molecular flexibility index (Phi) is 4.22. The zero-order valence-electron chi connectivity index (χ0n) is 13.7. The number of nitriles is 1. The molecule has 0 heterocycles. The van der Waals surface area contributed by atoms with Crippen LogP contribution >= 0.6 is 0 Å². The average molecular weight is 315 g/mol. The molecule has 0 fully saturated rings. The minimum Gasteiger partial charge on any atom is -0.497 e. The molecule has 24 heavy (non-hydrogen) atoms. The Morgan fingerprint density at radius 2 is 1.83 bits per heavy atom. The molecule has 118 valence electrons. The monoisotopic (exact) mass is 315 g/mol. The average Bonchev–Trinajstić information content (AvgIpc) is 2.65. The first-order valence-electron chi connectivity index (χ1n) is 7.52. The van der Waals surface area contributed by atoms with Gasteiger partial charge in [-0.3, -0.25) is 0 Å². The summed E-state index contributed by atoms with van der Waals surface area (Å²) in [6.07, 6.45) is 0. The summed E-state index contributed by atoms with van der Waals surface area (Å²) >= 11 is 0. The van der Waals surface area contributed by atoms with Crippen molar-refractivity contribution >= 4 is 16.5 Å². The first kappa shape index (κ1) is 15.6. The van der Waals surface area contributed by atoms with Gasteiger partial charge in [0.05, 0.1) is 25.9 Å². The van der Waals surface area contributed by atoms with Gasteiger partial charge in [0, 0.05) is 11.1 Å². The SMILES string of the molecule is C=C(OC)c1ccc2cccc(-c3cc(C#N)ccc3OC)c2c1. The highest BCUT2D eigenvalue weighted by Crippen LogP contribution is 2.36. The molecule has 3 aromatic rings. The number of nitrogens with zero attached hydrogens (tertiary/aromatic N) is 1. The molecule has 0 N–H and O–H groups in total. The van der Waals surface area contributed by atoms with Crippen molar-refractivity contribution in [3.63, 3.8) is 0 Å². The van der Waals surface area contributed by atoms with Gasteiger partial charge in [0.2, 0.25) is 0 Å². The highest BCUT2D eigenvalue weighted by molar-refractivity contribution is 5.99. The van der Waals surface area contributed by atoms with Crippen LogP contribution in [0.5, 0.6) is 5.75 Å². The Bertz CT molecular complexity index is 967. The van der Waals surface area contributed by atoms with Crippen molar-refractivity contribution in [1.82, 2.24) is 0 Å². The Hall–Kier alpha value is -3.25. The summed E-state index contributed by atoms with van der Waals surface area (Å²) < 4.78 is 10.7. The van der Waals surface area contributed by atoms with Crippen molar-refractivity contribution < 1.29 is 9.47 Å². The van der Waals surface area contributed by atoms with Gasteiger partial charge in [-0.1, -0.05) is 36.9 Å². The molecule has 0 aliphatic rings. The van der Waals surface area contributed by atoms with Crippen molar-refractivity contribution in [1.29, 1.82) is 5.26 Å². The third-order valence-electron chi connectivity index (χ3n) is 4.07. The van der Waals surface area contributed by atoms with Crippen LogP contribution < -0.4 is 4.74 Å². The van der Waals surface area contributed by atoms with Crippen LogP contribution in [0.3, 0.4) is 0 Å². The molecule has 0 amide bonds. The fraction of sp³-hybridized carbons (Fsp3) is 0.0952. The molecule has 3 rings (SSSR count). The van der Waals surface area contributed by atoms with Gasteiger partial charge >= 0.3 is 0 Å². The molecule has 0 aliphatic carbocycles. The van der Waals surface area contributed by atoms with Crippen LogP contribution in [0, 0.1) is 11.3 Å². The topological polar surface area (TPSA) is 42.2 Å². The van der Waals surface area contributed by atoms with Crippen molar-refractivity contribution in [3.8, 4) is 22.9 Å². The van der Waals surface area contributed by atoms with E-state index in [1.54, 1.807) is 20.3 Å². The van der Waals surface area contributed by atoms with Gasteiger partial charge in [0.1, 0.15) is 11.5 Å². The Morgan fingerprint density at radius 1 is 1.00 bits per heavy atom. The van der Waals surface area contributed by atoms with E-state index in [0.717, 1.165) is 33.2 Å². The van der Waals surface area contributed by atoms with Gasteiger partial charge in [0.25, 0.3) is 0 Å². The summed E-state index contributed by atoms with van der Waals surface area (Å²) in [5.41, 5.74) is 3.42. The molecular formula is C21H17NO2. The van der Waals surface area contributed by atoms with Gasteiger partial charge in [0.15, 0.2) is 0 Å². The molecule has 0 saturated heterocycles. The van der Waals surface area contributed by atoms with E-state index in [0.29, 0.717) is 11.3 Å². The van der Waals surface area contributed by atoms with Crippen molar-refractivity contribution in [3.05, 3.63) is 72.3 Å². The maximum absolute atomic E-state index is 9.22. The van der Waals surface area contributed by atoms with Crippen molar-refractivity contribution in [2.75, 3.05) is 14.2 Å². The van der Waals surface area contributed by atoms with Crippen LogP contribution in [0.25, 0.3) is 27.7 Å². The molecule has 0 saturated carbocycles. The van der Waals surface area contributed by atoms with E-state index in [2.05, 4.69) is 24.8 Å². The predicted octanol–water partition coefficient (Wildman–Crippen LogP) is 5.00. The number of hydrogen-bond donors (Lipinski definition) is 0. The third kappa shape index (κ3) is 2.70. The van der Waals surface area contributed by atoms with E-state index in [9.17, 15) is 5.26 Å². The second-order valence-corrected chi connectivity index (χ2v) is 5.40. The van der Waals surface area contributed by atoms with Crippen molar-refractivity contribution in [2.45, 2.75) is 0 Å². The highest BCUT2D eigenvalue weighted by Gasteiger charge is 2.11. The van der Waals surface area contributed by atoms with Gasteiger partial charge < -0.3 is 9.47 Å². The second kappa shape index (κ2) is 6.47. The number of fused-ring (bicyclic) bond motifs is 1. The lowest BCUT2D eigenvalue weighted by Gasteiger charge is -2.13. The van der Waals surface area contributed by atoms with E-state index in [4.69, 9.17) is 9.47 Å². The highest BCUT2D eigenvalue weighted by atomic mass is 16.5. The minimum atomic E-state index is 0.597. The lowest BCUT2D eigenvalue weighted by atomic mass is 9.95. The zero-order chi connectivity index (χ0) is 17.1. The third-order valence-corrected chi connectivity index (χ3v) is 4.07. The molecule has 0 aliphatic heterocycles. The lowest BCUT2D eigenvalue weighted by Crippen LogP contribution is -1.91. The second-order valence-electron chi connectivity index (χ2n) is 5.40. The Balaban J connectivity index is 2.30. The van der Waals surface area contributed by atoms with E-state index in [1.807, 2.05) is 36.4 Å². The maximum Gasteiger partial charge on any atom is 0.126 e. The van der Waals surface area contributed by atoms with Crippen LogP contribution in [0.1, 0.15) is 11.1 Å².